The molecular formula is C25H31F3N4O7. The topological polar surface area (TPSA) is 162 Å². The van der Waals surface area contributed by atoms with E-state index >= 15 is 0 Å². The molecule has 1 fully saturated rings. The molecule has 3 atom stereocenters. The normalized spacial score (nSPS) is 16.6. The summed E-state index contributed by atoms with van der Waals surface area (Å²) in [5.74, 6) is -5.62. The lowest BCUT2D eigenvalue weighted by Gasteiger charge is -2.28. The van der Waals surface area contributed by atoms with Gasteiger partial charge in [0.2, 0.25) is 11.8 Å². The molecule has 4 amide bonds. The van der Waals surface area contributed by atoms with Crippen LogP contribution in [0.15, 0.2) is 24.3 Å². The number of carbonyl (C=O) groups is 6. The van der Waals surface area contributed by atoms with E-state index in [4.69, 9.17) is 5.11 Å². The van der Waals surface area contributed by atoms with Gasteiger partial charge in [-0.25, -0.2) is 0 Å². The Balaban J connectivity index is 1.95. The van der Waals surface area contributed by atoms with E-state index < -0.39 is 59.7 Å². The Bertz CT molecular complexity index is 1090. The Morgan fingerprint density at radius 3 is 2.15 bits per heavy atom. The first kappa shape index (κ1) is 31.2. The molecule has 1 saturated heterocycles. The second-order valence-corrected chi connectivity index (χ2v) is 9.05. The van der Waals surface area contributed by atoms with Crippen LogP contribution < -0.4 is 16.0 Å². The Labute approximate surface area is 222 Å². The van der Waals surface area contributed by atoms with Crippen LogP contribution in [0.5, 0.6) is 0 Å². The zero-order valence-corrected chi connectivity index (χ0v) is 21.5. The summed E-state index contributed by atoms with van der Waals surface area (Å²) in [6.07, 6.45) is -4.61. The molecule has 1 heterocycles. The lowest BCUT2D eigenvalue weighted by molar-refractivity contribution is -0.174. The summed E-state index contributed by atoms with van der Waals surface area (Å²) in [5, 5.41) is 15.8. The maximum absolute atomic E-state index is 13.0. The summed E-state index contributed by atoms with van der Waals surface area (Å²) in [4.78, 5) is 73.6. The predicted octanol–water partition coefficient (Wildman–Crippen LogP) is 1.42. The number of benzene rings is 1. The highest BCUT2D eigenvalue weighted by molar-refractivity contribution is 6.00. The maximum Gasteiger partial charge on any atom is 0.452 e. The smallest absolute Gasteiger partial charge is 0.452 e. The highest BCUT2D eigenvalue weighted by Crippen LogP contribution is 2.22. The third kappa shape index (κ3) is 8.79. The van der Waals surface area contributed by atoms with Crippen LogP contribution in [0.1, 0.15) is 66.7 Å². The Kier molecular flexibility index (Phi) is 11.0. The van der Waals surface area contributed by atoms with Gasteiger partial charge in [0.05, 0.1) is 6.04 Å². The number of hydrogen-bond acceptors (Lipinski definition) is 6. The second-order valence-electron chi connectivity index (χ2n) is 9.05. The molecule has 0 radical (unpaired) electrons. The van der Waals surface area contributed by atoms with Crippen LogP contribution in [0.3, 0.4) is 0 Å². The number of Topliss-reactive ketones (excluding diaryl/α,β-unsaturated/α-hetero) is 1. The monoisotopic (exact) mass is 556 g/mol. The molecule has 11 nitrogen and oxygen atoms in total. The van der Waals surface area contributed by atoms with Gasteiger partial charge >= 0.3 is 12.1 Å². The number of rotatable bonds is 12. The molecule has 1 aromatic rings. The first-order valence-corrected chi connectivity index (χ1v) is 12.4. The number of halogens is 3. The van der Waals surface area contributed by atoms with Crippen LogP contribution in [0.4, 0.5) is 13.2 Å². The van der Waals surface area contributed by atoms with Crippen molar-refractivity contribution in [1.29, 1.82) is 0 Å². The third-order valence-corrected chi connectivity index (χ3v) is 6.14. The highest BCUT2D eigenvalue weighted by Gasteiger charge is 2.44. The molecule has 0 saturated carbocycles. The van der Waals surface area contributed by atoms with Gasteiger partial charge in [-0.2, -0.15) is 13.2 Å². The zero-order chi connectivity index (χ0) is 29.3. The van der Waals surface area contributed by atoms with Gasteiger partial charge in [-0.3, -0.25) is 28.8 Å². The molecule has 0 aromatic heterocycles. The molecule has 0 bridgehead atoms. The van der Waals surface area contributed by atoms with Crippen LogP contribution in [0.2, 0.25) is 0 Å². The van der Waals surface area contributed by atoms with Crippen molar-refractivity contribution in [3.05, 3.63) is 35.4 Å². The summed E-state index contributed by atoms with van der Waals surface area (Å²) >= 11 is 0. The van der Waals surface area contributed by atoms with Crippen molar-refractivity contribution in [1.82, 2.24) is 20.9 Å². The number of hydrogen-bond donors (Lipinski definition) is 4. The van der Waals surface area contributed by atoms with Crippen LogP contribution in [0.25, 0.3) is 0 Å². The van der Waals surface area contributed by atoms with Gasteiger partial charge < -0.3 is 26.0 Å². The fraction of sp³-hybridized carbons (Fsp3) is 0.520. The molecule has 14 heteroatoms. The molecule has 1 aromatic carbocycles. The number of nitrogens with zero attached hydrogens (tertiary/aromatic N) is 1. The zero-order valence-electron chi connectivity index (χ0n) is 21.5. The molecule has 2 rings (SSSR count). The van der Waals surface area contributed by atoms with E-state index in [0.717, 1.165) is 0 Å². The van der Waals surface area contributed by atoms with Gasteiger partial charge in [-0.15, -0.1) is 0 Å². The minimum absolute atomic E-state index is 0.0872. The molecule has 1 aliphatic heterocycles. The average molecular weight is 557 g/mol. The van der Waals surface area contributed by atoms with E-state index in [9.17, 15) is 41.9 Å². The van der Waals surface area contributed by atoms with E-state index in [1.807, 2.05) is 0 Å². The average Bonchev–Trinajstić information content (AvgIpc) is 3.38. The third-order valence-electron chi connectivity index (χ3n) is 6.14. The Hall–Kier alpha value is -3.97. The van der Waals surface area contributed by atoms with Crippen molar-refractivity contribution in [3.8, 4) is 0 Å². The fourth-order valence-electron chi connectivity index (χ4n) is 4.03. The summed E-state index contributed by atoms with van der Waals surface area (Å²) in [7, 11) is 0. The van der Waals surface area contributed by atoms with Crippen LogP contribution in [-0.2, 0) is 19.2 Å². The first-order valence-electron chi connectivity index (χ1n) is 12.4. The minimum Gasteiger partial charge on any atom is -0.481 e. The van der Waals surface area contributed by atoms with E-state index in [0.29, 0.717) is 6.42 Å². The molecule has 214 valence electrons. The number of carbonyl (C=O) groups excluding carboxylic acids is 5. The molecule has 39 heavy (non-hydrogen) atoms. The quantitative estimate of drug-likeness (QED) is 0.283. The summed E-state index contributed by atoms with van der Waals surface area (Å²) in [6, 6.07) is 1.59. The second kappa shape index (κ2) is 13.7. The predicted molar refractivity (Wildman–Crippen MR) is 131 cm³/mol. The Morgan fingerprint density at radius 2 is 1.62 bits per heavy atom. The van der Waals surface area contributed by atoms with E-state index in [2.05, 4.69) is 16.0 Å². The largest absolute Gasteiger partial charge is 0.481 e. The van der Waals surface area contributed by atoms with Crippen molar-refractivity contribution >= 4 is 35.4 Å². The van der Waals surface area contributed by atoms with Crippen LogP contribution >= 0.6 is 0 Å². The number of amides is 4. The van der Waals surface area contributed by atoms with Crippen molar-refractivity contribution in [2.45, 2.75) is 70.3 Å². The lowest BCUT2D eigenvalue weighted by atomic mass is 10.1. The van der Waals surface area contributed by atoms with E-state index in [-0.39, 0.29) is 49.9 Å². The number of carboxylic acids is 1. The number of carboxylic acid groups (broad SMARTS) is 1. The van der Waals surface area contributed by atoms with Gasteiger partial charge in [0.25, 0.3) is 17.6 Å². The van der Waals surface area contributed by atoms with Crippen LogP contribution in [-0.4, -0.2) is 82.8 Å². The number of ketones is 1. The summed E-state index contributed by atoms with van der Waals surface area (Å²) < 4.78 is 38.4. The van der Waals surface area contributed by atoms with E-state index in [1.165, 1.54) is 43.0 Å². The standard InChI is InChI=1S/C25H31F3N4O7/c1-3-17(20(35)25(26,27)28)31-23(38)18-6-5-13-32(18)24(39)14(2)30-22(37)16-10-8-15(9-11-16)21(36)29-12-4-7-19(33)34/h8-11,14,17-18H,3-7,12-13H2,1-2H3,(H,29,36)(H,30,37)(H,31,38)(H,33,34)/t14-,17?,18-/m0/s1. The summed E-state index contributed by atoms with van der Waals surface area (Å²) in [6.45, 7) is 3.04. The fourth-order valence-corrected chi connectivity index (χ4v) is 4.03. The van der Waals surface area contributed by atoms with Gasteiger partial charge in [0.15, 0.2) is 0 Å². The lowest BCUT2D eigenvalue weighted by Crippen LogP contribution is -2.55. The molecule has 4 N–H and O–H groups in total. The number of aliphatic carboxylic acids is 1. The summed E-state index contributed by atoms with van der Waals surface area (Å²) in [5.41, 5.74) is 0.385. The van der Waals surface area contributed by atoms with Gasteiger partial charge in [-0.05, 0) is 56.9 Å². The van der Waals surface area contributed by atoms with E-state index in [1.54, 1.807) is 0 Å². The molecule has 0 spiro atoms. The number of likely N-dealkylation sites (tertiary alicyclic amines) is 1. The van der Waals surface area contributed by atoms with Crippen molar-refractivity contribution in [2.75, 3.05) is 13.1 Å². The molecule has 1 unspecified atom stereocenters. The number of nitrogens with one attached hydrogen (secondary N) is 3. The van der Waals surface area contributed by atoms with Crippen molar-refractivity contribution < 1.29 is 47.0 Å². The Morgan fingerprint density at radius 1 is 1.03 bits per heavy atom. The SMILES string of the molecule is CCC(NC(=O)[C@@H]1CCCN1C(=O)[C@H](C)NC(=O)c1ccc(C(=O)NCCCC(=O)O)cc1)C(=O)C(F)(F)F. The first-order chi connectivity index (χ1) is 18.3. The van der Waals surface area contributed by atoms with Crippen LogP contribution in [0, 0.1) is 0 Å². The number of alkyl halides is 3. The highest BCUT2D eigenvalue weighted by atomic mass is 19.4. The minimum atomic E-state index is -5.11. The van der Waals surface area contributed by atoms with Crippen molar-refractivity contribution in [2.24, 2.45) is 0 Å². The molecule has 1 aliphatic rings. The van der Waals surface area contributed by atoms with Gasteiger partial charge in [0, 0.05) is 30.6 Å². The van der Waals surface area contributed by atoms with Gasteiger partial charge in [0.1, 0.15) is 12.1 Å². The van der Waals surface area contributed by atoms with Gasteiger partial charge in [-0.1, -0.05) is 6.92 Å². The van der Waals surface area contributed by atoms with Crippen molar-refractivity contribution in [3.63, 3.8) is 0 Å². The molecular weight excluding hydrogens is 525 g/mol. The maximum atomic E-state index is 13.0. The molecule has 0 aliphatic carbocycles.